The molecule has 0 heterocycles. The molecule has 5 nitrogen and oxygen atoms in total. The number of benzene rings is 3. The quantitative estimate of drug-likeness (QED) is 0.417. The van der Waals surface area contributed by atoms with Crippen molar-refractivity contribution in [1.29, 1.82) is 0 Å². The van der Waals surface area contributed by atoms with Crippen LogP contribution in [-0.2, 0) is 4.57 Å². The van der Waals surface area contributed by atoms with Crippen LogP contribution in [0.25, 0.3) is 0 Å². The lowest BCUT2D eigenvalue weighted by Gasteiger charge is -2.21. The molecule has 0 fully saturated rings. The number of nitrogens with two attached hydrogens (primary N) is 3. The summed E-state index contributed by atoms with van der Waals surface area (Å²) >= 11 is 0. The molecule has 136 valence electrons. The zero-order valence-electron chi connectivity index (χ0n) is 14.7. The molecular formula is C20H24N3O2P. The second-order valence-electron chi connectivity index (χ2n) is 5.71. The normalized spacial score (nSPS) is 10.7. The van der Waals surface area contributed by atoms with Gasteiger partial charge in [0.1, 0.15) is 0 Å². The monoisotopic (exact) mass is 369 g/mol. The van der Waals surface area contributed by atoms with E-state index in [1.54, 1.807) is 61.5 Å². The first-order chi connectivity index (χ1) is 12.4. The minimum Gasteiger partial charge on any atom is -0.399 e. The van der Waals surface area contributed by atoms with Crippen molar-refractivity contribution in [3.8, 4) is 0 Å². The largest absolute Gasteiger partial charge is 0.399 e. The SMILES string of the molecule is CCO.Nc1cccc(P(=O)(c2cccc(N)c2)c2cccc(N)c2)c1. The van der Waals surface area contributed by atoms with Crippen LogP contribution in [0, 0.1) is 0 Å². The number of rotatable bonds is 3. The summed E-state index contributed by atoms with van der Waals surface area (Å²) in [6, 6.07) is 21.4. The van der Waals surface area contributed by atoms with Crippen LogP contribution in [0.1, 0.15) is 6.92 Å². The van der Waals surface area contributed by atoms with Crippen molar-refractivity contribution in [1.82, 2.24) is 0 Å². The van der Waals surface area contributed by atoms with Crippen LogP contribution in [0.5, 0.6) is 0 Å². The molecule has 0 radical (unpaired) electrons. The van der Waals surface area contributed by atoms with Gasteiger partial charge in [-0.25, -0.2) is 0 Å². The summed E-state index contributed by atoms with van der Waals surface area (Å²) in [5.74, 6) is 0. The van der Waals surface area contributed by atoms with Gasteiger partial charge >= 0.3 is 0 Å². The maximum absolute atomic E-state index is 14.1. The number of hydrogen-bond acceptors (Lipinski definition) is 5. The highest BCUT2D eigenvalue weighted by Crippen LogP contribution is 2.43. The maximum atomic E-state index is 14.1. The molecule has 0 saturated heterocycles. The fourth-order valence-electron chi connectivity index (χ4n) is 2.61. The van der Waals surface area contributed by atoms with Crippen LogP contribution >= 0.6 is 7.14 Å². The molecule has 0 amide bonds. The summed E-state index contributed by atoms with van der Waals surface area (Å²) in [4.78, 5) is 0. The average Bonchev–Trinajstić information content (AvgIpc) is 2.62. The third kappa shape index (κ3) is 4.26. The van der Waals surface area contributed by atoms with Crippen molar-refractivity contribution in [3.05, 3.63) is 72.8 Å². The van der Waals surface area contributed by atoms with Gasteiger partial charge in [-0.1, -0.05) is 36.4 Å². The van der Waals surface area contributed by atoms with E-state index >= 15 is 0 Å². The molecule has 0 bridgehead atoms. The molecule has 0 aliphatic rings. The van der Waals surface area contributed by atoms with Gasteiger partial charge in [-0.15, -0.1) is 0 Å². The summed E-state index contributed by atoms with van der Waals surface area (Å²) in [5, 5.41) is 9.55. The molecule has 26 heavy (non-hydrogen) atoms. The lowest BCUT2D eigenvalue weighted by molar-refractivity contribution is 0.318. The molecule has 3 aromatic rings. The number of aliphatic hydroxyl groups excluding tert-OH is 1. The van der Waals surface area contributed by atoms with E-state index in [1.807, 2.05) is 18.2 Å². The molecule has 0 aliphatic carbocycles. The second kappa shape index (κ2) is 8.56. The van der Waals surface area contributed by atoms with Crippen LogP contribution in [0.2, 0.25) is 0 Å². The highest BCUT2D eigenvalue weighted by atomic mass is 31.2. The second-order valence-corrected chi connectivity index (χ2v) is 8.48. The van der Waals surface area contributed by atoms with Gasteiger partial charge in [0.15, 0.2) is 7.14 Å². The highest BCUT2D eigenvalue weighted by Gasteiger charge is 2.30. The van der Waals surface area contributed by atoms with Gasteiger partial charge in [-0.05, 0) is 43.3 Å². The maximum Gasteiger partial charge on any atom is 0.171 e. The van der Waals surface area contributed by atoms with E-state index in [1.165, 1.54) is 0 Å². The van der Waals surface area contributed by atoms with Gasteiger partial charge in [0.25, 0.3) is 0 Å². The summed E-state index contributed by atoms with van der Waals surface area (Å²) in [6.45, 7) is 1.93. The van der Waals surface area contributed by atoms with E-state index in [0.717, 1.165) is 0 Å². The van der Waals surface area contributed by atoms with Crippen LogP contribution in [0.15, 0.2) is 72.8 Å². The molecule has 0 aromatic heterocycles. The summed E-state index contributed by atoms with van der Waals surface area (Å²) in [6.07, 6.45) is 0. The number of anilines is 3. The third-order valence-corrected chi connectivity index (χ3v) is 6.72. The zero-order valence-corrected chi connectivity index (χ0v) is 15.6. The van der Waals surface area contributed by atoms with Crippen LogP contribution in [-0.4, -0.2) is 11.7 Å². The minimum atomic E-state index is -3.10. The minimum absolute atomic E-state index is 0.250. The van der Waals surface area contributed by atoms with Crippen LogP contribution in [0.3, 0.4) is 0 Å². The lowest BCUT2D eigenvalue weighted by atomic mass is 10.3. The standard InChI is InChI=1S/C18H18N3OP.C2H6O/c19-13-4-1-7-16(10-13)23(22,17-8-2-5-14(20)11-17)18-9-3-6-15(21)12-18;1-2-3/h1-12H,19-21H2;3H,2H2,1H3. The van der Waals surface area contributed by atoms with Gasteiger partial charge in [0.2, 0.25) is 0 Å². The predicted octanol–water partition coefficient (Wildman–Crippen LogP) is 2.07. The van der Waals surface area contributed by atoms with Crippen molar-refractivity contribution >= 4 is 40.1 Å². The van der Waals surface area contributed by atoms with Crippen molar-refractivity contribution in [2.45, 2.75) is 6.92 Å². The Morgan fingerprint density at radius 1 is 0.731 bits per heavy atom. The number of nitrogen functional groups attached to an aromatic ring is 3. The molecular weight excluding hydrogens is 345 g/mol. The summed E-state index contributed by atoms with van der Waals surface area (Å²) in [5.41, 5.74) is 19.4. The molecule has 3 aromatic carbocycles. The smallest absolute Gasteiger partial charge is 0.171 e. The molecule has 7 N–H and O–H groups in total. The summed E-state index contributed by atoms with van der Waals surface area (Å²) in [7, 11) is -3.10. The Morgan fingerprint density at radius 2 is 1.00 bits per heavy atom. The Balaban J connectivity index is 0.000000758. The average molecular weight is 369 g/mol. The first kappa shape index (κ1) is 19.6. The number of hydrogen-bond donors (Lipinski definition) is 4. The van der Waals surface area contributed by atoms with E-state index in [0.29, 0.717) is 33.0 Å². The Hall–Kier alpha value is -2.75. The Morgan fingerprint density at radius 3 is 1.23 bits per heavy atom. The Bertz CT molecular complexity index is 811. The van der Waals surface area contributed by atoms with E-state index in [2.05, 4.69) is 0 Å². The van der Waals surface area contributed by atoms with Gasteiger partial charge in [0.05, 0.1) is 0 Å². The van der Waals surface area contributed by atoms with Crippen molar-refractivity contribution in [3.63, 3.8) is 0 Å². The Labute approximate surface area is 153 Å². The zero-order chi connectivity index (χ0) is 19.2. The molecule has 0 aliphatic heterocycles. The van der Waals surface area contributed by atoms with Gasteiger partial charge in [-0.3, -0.25) is 0 Å². The topological polar surface area (TPSA) is 115 Å². The van der Waals surface area contributed by atoms with Crippen molar-refractivity contribution in [2.24, 2.45) is 0 Å². The molecule has 0 saturated carbocycles. The lowest BCUT2D eigenvalue weighted by Crippen LogP contribution is -2.25. The van der Waals surface area contributed by atoms with Crippen molar-refractivity contribution < 1.29 is 9.67 Å². The highest BCUT2D eigenvalue weighted by molar-refractivity contribution is 7.85. The van der Waals surface area contributed by atoms with Gasteiger partial charge in [0, 0.05) is 39.6 Å². The van der Waals surface area contributed by atoms with Gasteiger partial charge in [-0.2, -0.15) is 0 Å². The van der Waals surface area contributed by atoms with Crippen LogP contribution in [0.4, 0.5) is 17.1 Å². The summed E-state index contributed by atoms with van der Waals surface area (Å²) < 4.78 is 14.1. The fraction of sp³-hybridized carbons (Fsp3) is 0.100. The molecule has 0 unspecified atom stereocenters. The first-order valence-corrected chi connectivity index (χ1v) is 9.91. The van der Waals surface area contributed by atoms with E-state index in [4.69, 9.17) is 22.3 Å². The molecule has 6 heteroatoms. The van der Waals surface area contributed by atoms with E-state index in [9.17, 15) is 4.57 Å². The van der Waals surface area contributed by atoms with E-state index in [-0.39, 0.29) is 6.61 Å². The van der Waals surface area contributed by atoms with E-state index < -0.39 is 7.14 Å². The van der Waals surface area contributed by atoms with Crippen molar-refractivity contribution in [2.75, 3.05) is 23.8 Å². The Kier molecular flexibility index (Phi) is 6.45. The fourth-order valence-corrected chi connectivity index (χ4v) is 5.38. The van der Waals surface area contributed by atoms with Crippen LogP contribution < -0.4 is 33.1 Å². The number of aliphatic hydroxyl groups is 1. The predicted molar refractivity (Wildman–Crippen MR) is 112 cm³/mol. The van der Waals surface area contributed by atoms with Gasteiger partial charge < -0.3 is 26.9 Å². The first-order valence-electron chi connectivity index (χ1n) is 8.21. The molecule has 0 atom stereocenters. The molecule has 3 rings (SSSR count). The third-order valence-electron chi connectivity index (χ3n) is 3.70. The molecule has 0 spiro atoms.